The van der Waals surface area contributed by atoms with Gasteiger partial charge in [-0.15, -0.1) is 0 Å². The van der Waals surface area contributed by atoms with Gasteiger partial charge < -0.3 is 9.53 Å². The van der Waals surface area contributed by atoms with Crippen molar-refractivity contribution in [1.82, 2.24) is 0 Å². The number of aliphatic carboxylic acids is 1. The maximum Gasteiger partial charge on any atom is 0.330 e. The summed E-state index contributed by atoms with van der Waals surface area (Å²) < 4.78 is 6.01. The minimum atomic E-state index is -1.49. The Morgan fingerprint density at radius 1 is 1.25 bits per heavy atom. The van der Waals surface area contributed by atoms with Crippen molar-refractivity contribution in [3.05, 3.63) is 12.2 Å². The summed E-state index contributed by atoms with van der Waals surface area (Å²) in [4.78, 5) is 10.5. The van der Waals surface area contributed by atoms with Gasteiger partial charge >= 0.3 is 5.97 Å². The van der Waals surface area contributed by atoms with Crippen LogP contribution in [0.15, 0.2) is 12.2 Å². The lowest BCUT2D eigenvalue weighted by Crippen LogP contribution is -2.36. The number of carbonyl (C=O) groups is 1. The highest BCUT2D eigenvalue weighted by Gasteiger charge is 2.28. The van der Waals surface area contributed by atoms with Gasteiger partial charge in [0.2, 0.25) is 0 Å². The van der Waals surface area contributed by atoms with Crippen LogP contribution in [0.25, 0.3) is 0 Å². The molecule has 0 rings (SSSR count). The Bertz CT molecular complexity index is 226. The molecule has 0 heterocycles. The lowest BCUT2D eigenvalue weighted by Gasteiger charge is -2.27. The highest BCUT2D eigenvalue weighted by atomic mass is 28.4. The molecule has 0 aliphatic carbocycles. The molecular weight excluding hydrogens is 220 g/mol. The van der Waals surface area contributed by atoms with Gasteiger partial charge in [-0.3, -0.25) is 0 Å². The van der Waals surface area contributed by atoms with Crippen LogP contribution in [0.3, 0.4) is 0 Å². The molecule has 0 radical (unpaired) electrons. The van der Waals surface area contributed by atoms with Crippen molar-refractivity contribution >= 4 is 14.3 Å². The molecule has 0 saturated carbocycles. The standard InChI is InChI=1S/C12H24O3Si/c1-5-16(6-2,7-3)15-10-8-9-11(4)12(13)14/h4-10H2,1-3H3,(H,13,14). The zero-order valence-electron chi connectivity index (χ0n) is 10.7. The first-order valence-corrected chi connectivity index (χ1v) is 8.59. The fourth-order valence-corrected chi connectivity index (χ4v) is 4.43. The third-order valence-corrected chi connectivity index (χ3v) is 7.95. The molecule has 0 bridgehead atoms. The lowest BCUT2D eigenvalue weighted by molar-refractivity contribution is -0.132. The molecule has 16 heavy (non-hydrogen) atoms. The van der Waals surface area contributed by atoms with Crippen molar-refractivity contribution < 1.29 is 14.3 Å². The molecule has 0 aliphatic rings. The minimum absolute atomic E-state index is 0.278. The van der Waals surface area contributed by atoms with Crippen LogP contribution in [0.5, 0.6) is 0 Å². The smallest absolute Gasteiger partial charge is 0.330 e. The van der Waals surface area contributed by atoms with E-state index >= 15 is 0 Å². The molecule has 3 nitrogen and oxygen atoms in total. The highest BCUT2D eigenvalue weighted by Crippen LogP contribution is 2.22. The van der Waals surface area contributed by atoms with Crippen LogP contribution in [0, 0.1) is 0 Å². The summed E-state index contributed by atoms with van der Waals surface area (Å²) in [5, 5.41) is 8.65. The number of hydrogen-bond donors (Lipinski definition) is 1. The third-order valence-electron chi connectivity index (χ3n) is 3.27. The number of hydrogen-bond acceptors (Lipinski definition) is 2. The molecule has 94 valence electrons. The average molecular weight is 244 g/mol. The van der Waals surface area contributed by atoms with Crippen LogP contribution >= 0.6 is 0 Å². The van der Waals surface area contributed by atoms with Crippen molar-refractivity contribution in [2.24, 2.45) is 0 Å². The van der Waals surface area contributed by atoms with E-state index in [0.717, 1.165) is 24.6 Å². The maximum absolute atomic E-state index is 10.5. The van der Waals surface area contributed by atoms with E-state index in [-0.39, 0.29) is 5.57 Å². The topological polar surface area (TPSA) is 46.5 Å². The van der Waals surface area contributed by atoms with Crippen molar-refractivity contribution in [3.63, 3.8) is 0 Å². The zero-order valence-corrected chi connectivity index (χ0v) is 11.7. The third kappa shape index (κ3) is 4.94. The van der Waals surface area contributed by atoms with Gasteiger partial charge in [0, 0.05) is 12.2 Å². The molecule has 0 aromatic heterocycles. The molecule has 0 unspecified atom stereocenters. The van der Waals surface area contributed by atoms with E-state index in [1.165, 1.54) is 0 Å². The zero-order chi connectivity index (χ0) is 12.6. The minimum Gasteiger partial charge on any atom is -0.478 e. The van der Waals surface area contributed by atoms with Gasteiger partial charge in [-0.05, 0) is 31.0 Å². The summed E-state index contributed by atoms with van der Waals surface area (Å²) in [6.45, 7) is 10.7. The van der Waals surface area contributed by atoms with E-state index in [1.807, 2.05) is 0 Å². The van der Waals surface area contributed by atoms with Gasteiger partial charge in [0.05, 0.1) is 0 Å². The van der Waals surface area contributed by atoms with Crippen molar-refractivity contribution in [2.45, 2.75) is 51.7 Å². The van der Waals surface area contributed by atoms with Gasteiger partial charge in [-0.25, -0.2) is 4.79 Å². The molecule has 0 atom stereocenters. The highest BCUT2D eigenvalue weighted by molar-refractivity contribution is 6.73. The summed E-state index contributed by atoms with van der Waals surface area (Å²) in [5.74, 6) is -0.898. The predicted molar refractivity (Wildman–Crippen MR) is 69.2 cm³/mol. The van der Waals surface area contributed by atoms with Crippen LogP contribution in [-0.2, 0) is 9.22 Å². The Morgan fingerprint density at radius 3 is 2.12 bits per heavy atom. The quantitative estimate of drug-likeness (QED) is 0.384. The van der Waals surface area contributed by atoms with Gasteiger partial charge in [-0.2, -0.15) is 0 Å². The molecule has 0 fully saturated rings. The normalized spacial score (nSPS) is 11.4. The second-order valence-corrected chi connectivity index (χ2v) is 8.88. The van der Waals surface area contributed by atoms with Gasteiger partial charge in [0.25, 0.3) is 0 Å². The molecule has 0 aliphatic heterocycles. The molecule has 0 spiro atoms. The largest absolute Gasteiger partial charge is 0.478 e. The van der Waals surface area contributed by atoms with Crippen molar-refractivity contribution in [3.8, 4) is 0 Å². The average Bonchev–Trinajstić information content (AvgIpc) is 2.30. The first-order valence-electron chi connectivity index (χ1n) is 6.06. The fraction of sp³-hybridized carbons (Fsp3) is 0.750. The van der Waals surface area contributed by atoms with Crippen LogP contribution in [-0.4, -0.2) is 26.0 Å². The van der Waals surface area contributed by atoms with E-state index in [2.05, 4.69) is 27.4 Å². The Morgan fingerprint density at radius 2 is 1.75 bits per heavy atom. The second-order valence-electron chi connectivity index (χ2n) is 4.10. The molecule has 0 amide bonds. The summed E-state index contributed by atoms with van der Waals surface area (Å²) in [6.07, 6.45) is 1.29. The second kappa shape index (κ2) is 7.63. The Hall–Kier alpha value is -0.613. The molecule has 1 N–H and O–H groups in total. The molecule has 4 heteroatoms. The number of rotatable bonds is 9. The Labute approximate surface area is 99.6 Å². The van der Waals surface area contributed by atoms with Crippen LogP contribution in [0.1, 0.15) is 33.6 Å². The summed E-state index contributed by atoms with van der Waals surface area (Å²) in [7, 11) is -1.49. The monoisotopic (exact) mass is 244 g/mol. The van der Waals surface area contributed by atoms with Crippen LogP contribution < -0.4 is 0 Å². The van der Waals surface area contributed by atoms with Crippen molar-refractivity contribution in [2.75, 3.05) is 6.61 Å². The Kier molecular flexibility index (Phi) is 7.33. The molecule has 0 aromatic rings. The molecule has 0 aromatic carbocycles. The predicted octanol–water partition coefficient (Wildman–Crippen LogP) is 3.43. The first-order chi connectivity index (χ1) is 7.51. The van der Waals surface area contributed by atoms with E-state index in [1.54, 1.807) is 0 Å². The van der Waals surface area contributed by atoms with Crippen LogP contribution in [0.4, 0.5) is 0 Å². The SMILES string of the molecule is C=C(CCCO[Si](CC)(CC)CC)C(=O)O. The Balaban J connectivity index is 3.88. The van der Waals surface area contributed by atoms with Gasteiger partial charge in [-0.1, -0.05) is 27.4 Å². The summed E-state index contributed by atoms with van der Waals surface area (Å²) in [6, 6.07) is 3.42. The van der Waals surface area contributed by atoms with Crippen LogP contribution in [0.2, 0.25) is 18.1 Å². The molecular formula is C12H24O3Si. The van der Waals surface area contributed by atoms with E-state index in [4.69, 9.17) is 9.53 Å². The van der Waals surface area contributed by atoms with Crippen molar-refractivity contribution in [1.29, 1.82) is 0 Å². The van der Waals surface area contributed by atoms with E-state index < -0.39 is 14.3 Å². The van der Waals surface area contributed by atoms with Gasteiger partial charge in [0.15, 0.2) is 8.32 Å². The van der Waals surface area contributed by atoms with E-state index in [9.17, 15) is 4.79 Å². The summed E-state index contributed by atoms with van der Waals surface area (Å²) >= 11 is 0. The first kappa shape index (κ1) is 15.4. The number of carboxylic acid groups (broad SMARTS) is 1. The number of carboxylic acids is 1. The van der Waals surface area contributed by atoms with E-state index in [0.29, 0.717) is 13.0 Å². The fourth-order valence-electron chi connectivity index (χ4n) is 1.74. The maximum atomic E-state index is 10.5. The lowest BCUT2D eigenvalue weighted by atomic mass is 10.2. The molecule has 0 saturated heterocycles. The van der Waals surface area contributed by atoms with Gasteiger partial charge in [0.1, 0.15) is 0 Å². The summed E-state index contributed by atoms with van der Waals surface area (Å²) in [5.41, 5.74) is 0.278.